The second kappa shape index (κ2) is 6.19. The Balaban J connectivity index is 1.54. The quantitative estimate of drug-likeness (QED) is 0.818. The Labute approximate surface area is 126 Å². The molecule has 2 aromatic heterocycles. The van der Waals surface area contributed by atoms with Crippen LogP contribution in [-0.2, 0) is 4.79 Å². The molecule has 3 heterocycles. The summed E-state index contributed by atoms with van der Waals surface area (Å²) in [5.41, 5.74) is 0. The van der Waals surface area contributed by atoms with Crippen LogP contribution in [0, 0.1) is 0 Å². The molecule has 0 bridgehead atoms. The van der Waals surface area contributed by atoms with Gasteiger partial charge in [-0.2, -0.15) is 0 Å². The summed E-state index contributed by atoms with van der Waals surface area (Å²) >= 11 is 3.28. The van der Waals surface area contributed by atoms with Crippen molar-refractivity contribution >= 4 is 39.8 Å². The lowest BCUT2D eigenvalue weighted by atomic mass is 10.3. The van der Waals surface area contributed by atoms with E-state index in [2.05, 4.69) is 9.88 Å². The monoisotopic (exact) mass is 305 g/mol. The molecule has 1 amide bonds. The van der Waals surface area contributed by atoms with Gasteiger partial charge in [-0.25, -0.2) is 4.98 Å². The van der Waals surface area contributed by atoms with E-state index in [1.165, 1.54) is 0 Å². The Bertz CT molecular complexity index is 570. The zero-order valence-electron chi connectivity index (χ0n) is 10.9. The topological polar surface area (TPSA) is 36.4 Å². The molecule has 0 spiro atoms. The van der Waals surface area contributed by atoms with E-state index in [1.54, 1.807) is 28.7 Å². The molecule has 20 heavy (non-hydrogen) atoms. The number of amides is 1. The number of rotatable bonds is 3. The third-order valence-corrected chi connectivity index (χ3v) is 4.88. The lowest BCUT2D eigenvalue weighted by molar-refractivity contribution is -0.126. The molecule has 1 aliphatic rings. The van der Waals surface area contributed by atoms with Gasteiger partial charge in [-0.05, 0) is 17.5 Å². The summed E-state index contributed by atoms with van der Waals surface area (Å²) in [7, 11) is 0. The number of hydrogen-bond donors (Lipinski definition) is 0. The highest BCUT2D eigenvalue weighted by Gasteiger charge is 2.20. The molecule has 4 nitrogen and oxygen atoms in total. The number of hydrogen-bond acceptors (Lipinski definition) is 5. The van der Waals surface area contributed by atoms with Gasteiger partial charge in [0.25, 0.3) is 0 Å². The molecular formula is C14H15N3OS2. The molecule has 0 N–H and O–H groups in total. The molecule has 0 saturated carbocycles. The zero-order chi connectivity index (χ0) is 13.8. The highest BCUT2D eigenvalue weighted by atomic mass is 32.1. The van der Waals surface area contributed by atoms with Crippen molar-refractivity contribution in [2.75, 3.05) is 31.1 Å². The predicted molar refractivity (Wildman–Crippen MR) is 84.3 cm³/mol. The summed E-state index contributed by atoms with van der Waals surface area (Å²) in [5, 5.41) is 5.04. The maximum absolute atomic E-state index is 12.1. The largest absolute Gasteiger partial charge is 0.345 e. The highest BCUT2D eigenvalue weighted by Crippen LogP contribution is 2.19. The third-order valence-electron chi connectivity index (χ3n) is 3.21. The van der Waals surface area contributed by atoms with Crippen molar-refractivity contribution in [2.45, 2.75) is 0 Å². The number of thiazole rings is 1. The van der Waals surface area contributed by atoms with E-state index in [0.29, 0.717) is 0 Å². The molecule has 0 atom stereocenters. The van der Waals surface area contributed by atoms with Crippen LogP contribution in [0.5, 0.6) is 0 Å². The van der Waals surface area contributed by atoms with E-state index in [1.807, 2.05) is 40.1 Å². The molecule has 6 heteroatoms. The molecule has 104 valence electrons. The van der Waals surface area contributed by atoms with Crippen LogP contribution in [0.1, 0.15) is 4.88 Å². The fourth-order valence-corrected chi connectivity index (χ4v) is 3.45. The minimum absolute atomic E-state index is 0.0946. The van der Waals surface area contributed by atoms with Crippen LogP contribution in [0.25, 0.3) is 6.08 Å². The Kier molecular flexibility index (Phi) is 4.13. The first-order chi connectivity index (χ1) is 9.83. The minimum Gasteiger partial charge on any atom is -0.345 e. The van der Waals surface area contributed by atoms with Crippen LogP contribution in [0.4, 0.5) is 5.13 Å². The van der Waals surface area contributed by atoms with Crippen LogP contribution in [-0.4, -0.2) is 42.0 Å². The summed E-state index contributed by atoms with van der Waals surface area (Å²) < 4.78 is 0. The molecule has 0 radical (unpaired) electrons. The summed E-state index contributed by atoms with van der Waals surface area (Å²) in [6, 6.07) is 4.00. The molecule has 3 rings (SSSR count). The van der Waals surface area contributed by atoms with Crippen molar-refractivity contribution in [3.63, 3.8) is 0 Å². The van der Waals surface area contributed by atoms with Crippen molar-refractivity contribution in [1.82, 2.24) is 9.88 Å². The lowest BCUT2D eigenvalue weighted by Crippen LogP contribution is -2.48. The number of aromatic nitrogens is 1. The summed E-state index contributed by atoms with van der Waals surface area (Å²) in [6.45, 7) is 3.22. The van der Waals surface area contributed by atoms with Gasteiger partial charge in [-0.15, -0.1) is 22.7 Å². The van der Waals surface area contributed by atoms with E-state index in [9.17, 15) is 4.79 Å². The van der Waals surface area contributed by atoms with Crippen LogP contribution >= 0.6 is 22.7 Å². The summed E-state index contributed by atoms with van der Waals surface area (Å²) in [5.74, 6) is 0.0946. The number of nitrogens with zero attached hydrogens (tertiary/aromatic N) is 3. The Hall–Kier alpha value is -1.66. The molecule has 0 aromatic carbocycles. The molecule has 1 fully saturated rings. The maximum Gasteiger partial charge on any atom is 0.246 e. The fourth-order valence-electron chi connectivity index (χ4n) is 2.14. The van der Waals surface area contributed by atoms with E-state index in [-0.39, 0.29) is 5.91 Å². The second-order valence-electron chi connectivity index (χ2n) is 4.48. The van der Waals surface area contributed by atoms with Gasteiger partial charge in [0.1, 0.15) is 0 Å². The standard InChI is InChI=1S/C14H15N3OS2/c18-13(4-3-12-2-1-10-19-12)16-6-8-17(9-7-16)14-15-5-11-20-14/h1-5,10-11H,6-9H2/b4-3+. The molecular weight excluding hydrogens is 290 g/mol. The minimum atomic E-state index is 0.0946. The van der Waals surface area contributed by atoms with Gasteiger partial charge in [0, 0.05) is 48.7 Å². The number of thiophene rings is 1. The fraction of sp³-hybridized carbons (Fsp3) is 0.286. The van der Waals surface area contributed by atoms with Gasteiger partial charge < -0.3 is 9.80 Å². The first kappa shape index (κ1) is 13.3. The first-order valence-electron chi connectivity index (χ1n) is 6.48. The van der Waals surface area contributed by atoms with E-state index in [0.717, 1.165) is 36.2 Å². The summed E-state index contributed by atoms with van der Waals surface area (Å²) in [6.07, 6.45) is 5.38. The molecule has 0 unspecified atom stereocenters. The van der Waals surface area contributed by atoms with E-state index >= 15 is 0 Å². The van der Waals surface area contributed by atoms with Crippen molar-refractivity contribution in [3.8, 4) is 0 Å². The average Bonchev–Trinajstić information content (AvgIpc) is 3.18. The third kappa shape index (κ3) is 3.08. The zero-order valence-corrected chi connectivity index (χ0v) is 12.6. The molecule has 0 aliphatic carbocycles. The number of carbonyl (C=O) groups is 1. The van der Waals surface area contributed by atoms with Crippen LogP contribution < -0.4 is 4.90 Å². The predicted octanol–water partition coefficient (Wildman–Crippen LogP) is 2.57. The first-order valence-corrected chi connectivity index (χ1v) is 8.24. The van der Waals surface area contributed by atoms with Gasteiger partial charge in [-0.3, -0.25) is 4.79 Å². The van der Waals surface area contributed by atoms with Crippen molar-refractivity contribution in [2.24, 2.45) is 0 Å². The second-order valence-corrected chi connectivity index (χ2v) is 6.33. The lowest BCUT2D eigenvalue weighted by Gasteiger charge is -2.34. The summed E-state index contributed by atoms with van der Waals surface area (Å²) in [4.78, 5) is 21.6. The van der Waals surface area contributed by atoms with Gasteiger partial charge in [0.15, 0.2) is 5.13 Å². The van der Waals surface area contributed by atoms with E-state index < -0.39 is 0 Å². The molecule has 1 saturated heterocycles. The molecule has 2 aromatic rings. The van der Waals surface area contributed by atoms with Crippen LogP contribution in [0.2, 0.25) is 0 Å². The maximum atomic E-state index is 12.1. The number of piperazine rings is 1. The Morgan fingerprint density at radius 1 is 1.20 bits per heavy atom. The van der Waals surface area contributed by atoms with Crippen LogP contribution in [0.15, 0.2) is 35.2 Å². The van der Waals surface area contributed by atoms with Crippen molar-refractivity contribution in [1.29, 1.82) is 0 Å². The Morgan fingerprint density at radius 2 is 2.05 bits per heavy atom. The smallest absolute Gasteiger partial charge is 0.246 e. The number of anilines is 1. The Morgan fingerprint density at radius 3 is 2.70 bits per heavy atom. The van der Waals surface area contributed by atoms with Gasteiger partial charge in [0.05, 0.1) is 0 Å². The average molecular weight is 305 g/mol. The van der Waals surface area contributed by atoms with Crippen molar-refractivity contribution < 1.29 is 4.79 Å². The van der Waals surface area contributed by atoms with Crippen LogP contribution in [0.3, 0.4) is 0 Å². The van der Waals surface area contributed by atoms with E-state index in [4.69, 9.17) is 0 Å². The van der Waals surface area contributed by atoms with Gasteiger partial charge in [-0.1, -0.05) is 6.07 Å². The molecule has 1 aliphatic heterocycles. The normalized spacial score (nSPS) is 16.0. The number of carbonyl (C=O) groups excluding carboxylic acids is 1. The van der Waals surface area contributed by atoms with Crippen molar-refractivity contribution in [3.05, 3.63) is 40.0 Å². The SMILES string of the molecule is O=C(/C=C/c1cccs1)N1CCN(c2nccs2)CC1. The van der Waals surface area contributed by atoms with Gasteiger partial charge >= 0.3 is 0 Å². The van der Waals surface area contributed by atoms with Gasteiger partial charge in [0.2, 0.25) is 5.91 Å². The highest BCUT2D eigenvalue weighted by molar-refractivity contribution is 7.13.